The van der Waals surface area contributed by atoms with Gasteiger partial charge in [-0.2, -0.15) is 0 Å². The number of carbonyl (C=O) groups is 1. The van der Waals surface area contributed by atoms with E-state index in [-0.39, 0.29) is 5.91 Å². The van der Waals surface area contributed by atoms with Crippen molar-refractivity contribution < 1.29 is 4.79 Å². The molecule has 0 fully saturated rings. The van der Waals surface area contributed by atoms with E-state index in [1.165, 1.54) is 0 Å². The fourth-order valence-electron chi connectivity index (χ4n) is 1.11. The molecule has 0 aliphatic rings. The minimum atomic E-state index is 0.00344. The van der Waals surface area contributed by atoms with Gasteiger partial charge < -0.3 is 10.6 Å². The van der Waals surface area contributed by atoms with Crippen LogP contribution >= 0.6 is 0 Å². The molecule has 1 amide bonds. The molecule has 76 valence electrons. The van der Waals surface area contributed by atoms with Crippen molar-refractivity contribution in [2.75, 3.05) is 18.4 Å². The molecule has 0 spiro atoms. The van der Waals surface area contributed by atoms with E-state index in [1.807, 2.05) is 19.9 Å². The van der Waals surface area contributed by atoms with Crippen LogP contribution in [-0.2, 0) is 4.79 Å². The van der Waals surface area contributed by atoms with Crippen LogP contribution in [0.2, 0.25) is 0 Å². The van der Waals surface area contributed by atoms with Gasteiger partial charge in [-0.05, 0) is 25.5 Å². The molecule has 0 atom stereocenters. The molecule has 0 saturated heterocycles. The molecule has 0 bridgehead atoms. The lowest BCUT2D eigenvalue weighted by Crippen LogP contribution is -2.29. The lowest BCUT2D eigenvalue weighted by Gasteiger charge is -2.08. The van der Waals surface area contributed by atoms with Gasteiger partial charge in [0.25, 0.3) is 0 Å². The number of hydrogen-bond acceptors (Lipinski definition) is 3. The van der Waals surface area contributed by atoms with Crippen LogP contribution in [0.1, 0.15) is 12.5 Å². The highest BCUT2D eigenvalue weighted by atomic mass is 16.1. The van der Waals surface area contributed by atoms with E-state index in [0.29, 0.717) is 13.1 Å². The van der Waals surface area contributed by atoms with Crippen molar-refractivity contribution in [3.05, 3.63) is 24.0 Å². The fraction of sp³-hybridized carbons (Fsp3) is 0.400. The van der Waals surface area contributed by atoms with Gasteiger partial charge in [-0.15, -0.1) is 0 Å². The van der Waals surface area contributed by atoms with E-state index in [1.54, 1.807) is 12.4 Å². The van der Waals surface area contributed by atoms with Gasteiger partial charge in [0.1, 0.15) is 0 Å². The Morgan fingerprint density at radius 3 is 3.00 bits per heavy atom. The summed E-state index contributed by atoms with van der Waals surface area (Å²) in [5.74, 6) is 0.00344. The van der Waals surface area contributed by atoms with Crippen LogP contribution in [0.25, 0.3) is 0 Å². The zero-order valence-corrected chi connectivity index (χ0v) is 8.50. The van der Waals surface area contributed by atoms with Crippen LogP contribution in [0.4, 0.5) is 5.69 Å². The number of aryl methyl sites for hydroxylation is 1. The molecule has 4 nitrogen and oxygen atoms in total. The predicted octanol–water partition coefficient (Wildman–Crippen LogP) is 0.938. The molecule has 0 saturated carbocycles. The predicted molar refractivity (Wildman–Crippen MR) is 56.1 cm³/mol. The van der Waals surface area contributed by atoms with Gasteiger partial charge in [0.05, 0.1) is 6.54 Å². The Morgan fingerprint density at radius 1 is 1.57 bits per heavy atom. The Bertz CT molecular complexity index is 312. The third-order valence-electron chi connectivity index (χ3n) is 1.83. The van der Waals surface area contributed by atoms with E-state index in [2.05, 4.69) is 15.6 Å². The summed E-state index contributed by atoms with van der Waals surface area (Å²) >= 11 is 0. The minimum Gasteiger partial charge on any atom is -0.376 e. The second-order valence-electron chi connectivity index (χ2n) is 3.00. The van der Waals surface area contributed by atoms with Gasteiger partial charge in [-0.25, -0.2) is 0 Å². The Kier molecular flexibility index (Phi) is 3.91. The largest absolute Gasteiger partial charge is 0.376 e. The van der Waals surface area contributed by atoms with Crippen molar-refractivity contribution in [1.82, 2.24) is 10.3 Å². The van der Waals surface area contributed by atoms with Crippen LogP contribution in [0.3, 0.4) is 0 Å². The van der Waals surface area contributed by atoms with E-state index >= 15 is 0 Å². The van der Waals surface area contributed by atoms with Crippen molar-refractivity contribution in [3.8, 4) is 0 Å². The van der Waals surface area contributed by atoms with Gasteiger partial charge >= 0.3 is 0 Å². The molecule has 1 aromatic heterocycles. The Balaban J connectivity index is 2.46. The topological polar surface area (TPSA) is 54.0 Å². The van der Waals surface area contributed by atoms with Gasteiger partial charge in [0, 0.05) is 24.6 Å². The second-order valence-corrected chi connectivity index (χ2v) is 3.00. The Morgan fingerprint density at radius 2 is 2.36 bits per heavy atom. The zero-order valence-electron chi connectivity index (χ0n) is 8.50. The summed E-state index contributed by atoms with van der Waals surface area (Å²) in [6, 6.07) is 1.86. The van der Waals surface area contributed by atoms with Gasteiger partial charge in [-0.3, -0.25) is 9.78 Å². The summed E-state index contributed by atoms with van der Waals surface area (Å²) in [6.45, 7) is 4.82. The van der Waals surface area contributed by atoms with E-state index in [0.717, 1.165) is 11.3 Å². The van der Waals surface area contributed by atoms with Gasteiger partial charge in [0.15, 0.2) is 0 Å². The maximum absolute atomic E-state index is 11.1. The van der Waals surface area contributed by atoms with Crippen LogP contribution in [0.5, 0.6) is 0 Å². The molecule has 4 heteroatoms. The first-order valence-electron chi connectivity index (χ1n) is 4.65. The van der Waals surface area contributed by atoms with Crippen molar-refractivity contribution in [2.24, 2.45) is 0 Å². The van der Waals surface area contributed by atoms with Crippen LogP contribution < -0.4 is 10.6 Å². The van der Waals surface area contributed by atoms with E-state index < -0.39 is 0 Å². The third-order valence-corrected chi connectivity index (χ3v) is 1.83. The number of pyridine rings is 1. The first kappa shape index (κ1) is 10.5. The number of hydrogen-bond donors (Lipinski definition) is 2. The van der Waals surface area contributed by atoms with Crippen molar-refractivity contribution in [1.29, 1.82) is 0 Å². The molecule has 1 aromatic rings. The number of aromatic nitrogens is 1. The van der Waals surface area contributed by atoms with Crippen LogP contribution in [-0.4, -0.2) is 24.0 Å². The quantitative estimate of drug-likeness (QED) is 0.748. The number of carbonyl (C=O) groups excluding carboxylic acids is 1. The van der Waals surface area contributed by atoms with Crippen LogP contribution in [0.15, 0.2) is 18.5 Å². The molecule has 0 aromatic carbocycles. The summed E-state index contributed by atoms with van der Waals surface area (Å²) < 4.78 is 0. The summed E-state index contributed by atoms with van der Waals surface area (Å²) in [5, 5.41) is 5.76. The average molecular weight is 193 g/mol. The summed E-state index contributed by atoms with van der Waals surface area (Å²) in [4.78, 5) is 15.1. The molecular formula is C10H15N3O. The van der Waals surface area contributed by atoms with Crippen molar-refractivity contribution in [2.45, 2.75) is 13.8 Å². The lowest BCUT2D eigenvalue weighted by atomic mass is 10.2. The highest BCUT2D eigenvalue weighted by Crippen LogP contribution is 2.10. The van der Waals surface area contributed by atoms with Crippen molar-refractivity contribution >= 4 is 11.6 Å². The third kappa shape index (κ3) is 3.05. The summed E-state index contributed by atoms with van der Waals surface area (Å²) in [7, 11) is 0. The molecule has 14 heavy (non-hydrogen) atoms. The van der Waals surface area contributed by atoms with Gasteiger partial charge in [0.2, 0.25) is 5.91 Å². The Hall–Kier alpha value is -1.58. The van der Waals surface area contributed by atoms with E-state index in [4.69, 9.17) is 0 Å². The number of rotatable bonds is 4. The van der Waals surface area contributed by atoms with Crippen molar-refractivity contribution in [3.63, 3.8) is 0 Å². The zero-order chi connectivity index (χ0) is 10.4. The summed E-state index contributed by atoms with van der Waals surface area (Å²) in [6.07, 6.45) is 3.47. The molecule has 2 N–H and O–H groups in total. The average Bonchev–Trinajstić information content (AvgIpc) is 2.17. The first-order valence-corrected chi connectivity index (χ1v) is 4.65. The maximum Gasteiger partial charge on any atom is 0.239 e. The number of nitrogens with zero attached hydrogens (tertiary/aromatic N) is 1. The molecule has 1 heterocycles. The summed E-state index contributed by atoms with van der Waals surface area (Å²) in [5.41, 5.74) is 1.99. The Labute approximate surface area is 83.7 Å². The lowest BCUT2D eigenvalue weighted by molar-refractivity contribution is -0.119. The van der Waals surface area contributed by atoms with E-state index in [9.17, 15) is 4.79 Å². The maximum atomic E-state index is 11.1. The van der Waals surface area contributed by atoms with Crippen LogP contribution in [0, 0.1) is 6.92 Å². The smallest absolute Gasteiger partial charge is 0.239 e. The highest BCUT2D eigenvalue weighted by Gasteiger charge is 2.00. The SMILES string of the molecule is CCNC(=O)CNc1ccncc1C. The number of likely N-dealkylation sites (N-methyl/N-ethyl adjacent to an activating group) is 1. The number of amides is 1. The minimum absolute atomic E-state index is 0.00344. The highest BCUT2D eigenvalue weighted by molar-refractivity contribution is 5.80. The molecule has 0 radical (unpaired) electrons. The molecule has 0 aliphatic heterocycles. The normalized spacial score (nSPS) is 9.57. The molecule has 1 rings (SSSR count). The first-order chi connectivity index (χ1) is 6.74. The molecular weight excluding hydrogens is 178 g/mol. The fourth-order valence-corrected chi connectivity index (χ4v) is 1.11. The number of nitrogens with one attached hydrogen (secondary N) is 2. The number of anilines is 1. The second kappa shape index (κ2) is 5.21. The molecule has 0 aliphatic carbocycles. The molecule has 0 unspecified atom stereocenters. The monoisotopic (exact) mass is 193 g/mol. The standard InChI is InChI=1S/C10H15N3O/c1-3-12-10(14)7-13-9-4-5-11-6-8(9)2/h4-6H,3,7H2,1-2H3,(H,11,13)(H,12,14). The van der Waals surface area contributed by atoms with Gasteiger partial charge in [-0.1, -0.05) is 0 Å².